The maximum atomic E-state index is 12.4. The molecule has 0 saturated carbocycles. The van der Waals surface area contributed by atoms with Crippen molar-refractivity contribution in [1.29, 1.82) is 0 Å². The maximum Gasteiger partial charge on any atom is 0.258 e. The van der Waals surface area contributed by atoms with Gasteiger partial charge in [-0.25, -0.2) is 0 Å². The first kappa shape index (κ1) is 21.8. The molecule has 0 aromatic carbocycles. The van der Waals surface area contributed by atoms with Crippen molar-refractivity contribution in [2.24, 2.45) is 11.1 Å². The molecule has 0 spiro atoms. The molecule has 9 heteroatoms. The first-order valence-corrected chi connectivity index (χ1v) is 8.05. The van der Waals surface area contributed by atoms with E-state index in [0.717, 1.165) is 4.90 Å². The maximum absolute atomic E-state index is 12.4. The van der Waals surface area contributed by atoms with Crippen LogP contribution in [0.5, 0.6) is 0 Å². The Morgan fingerprint density at radius 2 is 1.91 bits per heavy atom. The molecule has 0 fully saturated rings. The van der Waals surface area contributed by atoms with E-state index in [1.54, 1.807) is 0 Å². The van der Waals surface area contributed by atoms with E-state index < -0.39 is 29.9 Å². The van der Waals surface area contributed by atoms with Crippen LogP contribution in [0.25, 0.3) is 0 Å². The standard InChI is InChI=1S/C14H27N3O5S/c1-14(2,9-18)12(21)13(22)17(11(20)3-5-15)7-4-10(19)16-6-8-23/h12,18,21,23H,3-9,15H2,1-2H3,(H,16,19)/t12-/m0/s1. The van der Waals surface area contributed by atoms with Crippen molar-refractivity contribution < 1.29 is 24.6 Å². The Kier molecular flexibility index (Phi) is 10.1. The molecule has 3 amide bonds. The average molecular weight is 349 g/mol. The zero-order valence-electron chi connectivity index (χ0n) is 13.6. The highest BCUT2D eigenvalue weighted by atomic mass is 32.1. The fourth-order valence-electron chi connectivity index (χ4n) is 1.68. The predicted octanol–water partition coefficient (Wildman–Crippen LogP) is -1.49. The van der Waals surface area contributed by atoms with Gasteiger partial charge in [0.05, 0.1) is 6.61 Å². The van der Waals surface area contributed by atoms with Crippen LogP contribution in [0.15, 0.2) is 0 Å². The van der Waals surface area contributed by atoms with Crippen LogP contribution in [0.4, 0.5) is 0 Å². The smallest absolute Gasteiger partial charge is 0.258 e. The minimum absolute atomic E-state index is 0.0496. The molecule has 8 nitrogen and oxygen atoms in total. The van der Waals surface area contributed by atoms with E-state index in [2.05, 4.69) is 17.9 Å². The number of aliphatic hydroxyl groups excluding tert-OH is 2. The summed E-state index contributed by atoms with van der Waals surface area (Å²) in [5.41, 5.74) is 4.22. The summed E-state index contributed by atoms with van der Waals surface area (Å²) in [7, 11) is 0. The topological polar surface area (TPSA) is 133 Å². The van der Waals surface area contributed by atoms with E-state index >= 15 is 0 Å². The van der Waals surface area contributed by atoms with Gasteiger partial charge in [0.15, 0.2) is 0 Å². The largest absolute Gasteiger partial charge is 0.396 e. The van der Waals surface area contributed by atoms with Gasteiger partial charge in [0.2, 0.25) is 11.8 Å². The lowest BCUT2D eigenvalue weighted by molar-refractivity contribution is -0.156. The van der Waals surface area contributed by atoms with Crippen molar-refractivity contribution in [2.45, 2.75) is 32.8 Å². The Bertz CT molecular complexity index is 417. The highest BCUT2D eigenvalue weighted by Crippen LogP contribution is 2.21. The molecular weight excluding hydrogens is 322 g/mol. The van der Waals surface area contributed by atoms with Gasteiger partial charge in [-0.05, 0) is 0 Å². The van der Waals surface area contributed by atoms with Gasteiger partial charge in [-0.15, -0.1) is 0 Å². The minimum Gasteiger partial charge on any atom is -0.396 e. The number of thiol groups is 1. The molecule has 0 heterocycles. The second-order valence-corrected chi connectivity index (χ2v) is 6.24. The fraction of sp³-hybridized carbons (Fsp3) is 0.786. The summed E-state index contributed by atoms with van der Waals surface area (Å²) in [6.07, 6.45) is -1.71. The van der Waals surface area contributed by atoms with Crippen molar-refractivity contribution in [2.75, 3.05) is 32.0 Å². The molecule has 0 aromatic heterocycles. The minimum atomic E-state index is -1.56. The normalized spacial score (nSPS) is 12.6. The van der Waals surface area contributed by atoms with Gasteiger partial charge in [-0.2, -0.15) is 12.6 Å². The van der Waals surface area contributed by atoms with Gasteiger partial charge in [-0.1, -0.05) is 13.8 Å². The van der Waals surface area contributed by atoms with Gasteiger partial charge in [0, 0.05) is 43.6 Å². The lowest BCUT2D eigenvalue weighted by atomic mass is 9.86. The molecule has 0 aliphatic carbocycles. The van der Waals surface area contributed by atoms with E-state index in [0.29, 0.717) is 12.3 Å². The van der Waals surface area contributed by atoms with Crippen molar-refractivity contribution in [1.82, 2.24) is 10.2 Å². The quantitative estimate of drug-likeness (QED) is 0.305. The first-order chi connectivity index (χ1) is 10.7. The summed E-state index contributed by atoms with van der Waals surface area (Å²) in [4.78, 5) is 36.8. The van der Waals surface area contributed by atoms with E-state index in [1.807, 2.05) is 0 Å². The molecule has 0 radical (unpaired) electrons. The van der Waals surface area contributed by atoms with Gasteiger partial charge in [-0.3, -0.25) is 19.3 Å². The lowest BCUT2D eigenvalue weighted by Gasteiger charge is -2.31. The SMILES string of the molecule is CC(C)(CO)[C@@H](O)C(=O)N(CCC(=O)NCCS)C(=O)CCN. The second-order valence-electron chi connectivity index (χ2n) is 5.80. The van der Waals surface area contributed by atoms with Gasteiger partial charge in [0.25, 0.3) is 5.91 Å². The molecule has 1 atom stereocenters. The number of amides is 3. The third-order valence-electron chi connectivity index (χ3n) is 3.30. The zero-order chi connectivity index (χ0) is 18.0. The number of nitrogens with zero attached hydrogens (tertiary/aromatic N) is 1. The summed E-state index contributed by atoms with van der Waals surface area (Å²) in [6, 6.07) is 0. The van der Waals surface area contributed by atoms with Crippen molar-refractivity contribution >= 4 is 30.4 Å². The molecule has 134 valence electrons. The van der Waals surface area contributed by atoms with E-state index in [-0.39, 0.29) is 31.8 Å². The first-order valence-electron chi connectivity index (χ1n) is 7.42. The molecule has 0 saturated heterocycles. The molecular formula is C14H27N3O5S. The molecule has 23 heavy (non-hydrogen) atoms. The van der Waals surface area contributed by atoms with E-state index in [4.69, 9.17) is 5.73 Å². The molecule has 0 aromatic rings. The van der Waals surface area contributed by atoms with E-state index in [9.17, 15) is 24.6 Å². The van der Waals surface area contributed by atoms with Crippen LogP contribution in [-0.4, -0.2) is 70.9 Å². The third-order valence-corrected chi connectivity index (χ3v) is 3.53. The number of hydrogen-bond donors (Lipinski definition) is 5. The molecule has 0 bridgehead atoms. The molecule has 0 aliphatic rings. The highest BCUT2D eigenvalue weighted by molar-refractivity contribution is 7.80. The van der Waals surface area contributed by atoms with Crippen LogP contribution in [-0.2, 0) is 14.4 Å². The van der Waals surface area contributed by atoms with Crippen molar-refractivity contribution in [3.8, 4) is 0 Å². The molecule has 0 rings (SSSR count). The Hall–Kier alpha value is -1.16. The van der Waals surface area contributed by atoms with Gasteiger partial charge < -0.3 is 21.3 Å². The third kappa shape index (κ3) is 7.30. The summed E-state index contributed by atoms with van der Waals surface area (Å²) in [5, 5.41) is 21.9. The predicted molar refractivity (Wildman–Crippen MR) is 88.7 cm³/mol. The van der Waals surface area contributed by atoms with Crippen molar-refractivity contribution in [3.05, 3.63) is 0 Å². The number of hydrogen-bond acceptors (Lipinski definition) is 7. The van der Waals surface area contributed by atoms with Crippen LogP contribution in [0.3, 0.4) is 0 Å². The summed E-state index contributed by atoms with van der Waals surface area (Å²) < 4.78 is 0. The number of nitrogens with one attached hydrogen (secondary N) is 1. The molecule has 0 unspecified atom stereocenters. The highest BCUT2D eigenvalue weighted by Gasteiger charge is 2.37. The van der Waals surface area contributed by atoms with Crippen LogP contribution in [0, 0.1) is 5.41 Å². The summed E-state index contributed by atoms with van der Waals surface area (Å²) in [5.74, 6) is -1.26. The van der Waals surface area contributed by atoms with E-state index in [1.165, 1.54) is 13.8 Å². The number of aliphatic hydroxyl groups is 2. The van der Waals surface area contributed by atoms with Gasteiger partial charge in [0.1, 0.15) is 6.10 Å². The van der Waals surface area contributed by atoms with Crippen LogP contribution in [0.2, 0.25) is 0 Å². The number of imide groups is 1. The summed E-state index contributed by atoms with van der Waals surface area (Å²) in [6.45, 7) is 2.85. The van der Waals surface area contributed by atoms with Crippen LogP contribution >= 0.6 is 12.6 Å². The monoisotopic (exact) mass is 349 g/mol. The van der Waals surface area contributed by atoms with Crippen LogP contribution < -0.4 is 11.1 Å². The number of carbonyl (C=O) groups is 3. The Morgan fingerprint density at radius 3 is 2.39 bits per heavy atom. The van der Waals surface area contributed by atoms with Crippen LogP contribution in [0.1, 0.15) is 26.7 Å². The number of carbonyl (C=O) groups excluding carboxylic acids is 3. The second kappa shape index (κ2) is 10.6. The average Bonchev–Trinajstić information content (AvgIpc) is 2.52. The fourth-order valence-corrected chi connectivity index (χ4v) is 1.79. The molecule has 0 aliphatic heterocycles. The summed E-state index contributed by atoms with van der Waals surface area (Å²) >= 11 is 3.96. The number of nitrogens with two attached hydrogens (primary N) is 1. The van der Waals surface area contributed by atoms with Crippen molar-refractivity contribution in [3.63, 3.8) is 0 Å². The Morgan fingerprint density at radius 1 is 1.30 bits per heavy atom. The van der Waals surface area contributed by atoms with Gasteiger partial charge >= 0.3 is 0 Å². The Balaban J connectivity index is 4.97. The number of rotatable bonds is 10. The lowest BCUT2D eigenvalue weighted by Crippen LogP contribution is -2.50. The zero-order valence-corrected chi connectivity index (χ0v) is 14.5. The Labute approximate surface area is 141 Å². The molecule has 5 N–H and O–H groups in total.